The van der Waals surface area contributed by atoms with Crippen LogP contribution in [0.4, 0.5) is 14.5 Å². The summed E-state index contributed by atoms with van der Waals surface area (Å²) in [7, 11) is 0. The van der Waals surface area contributed by atoms with Crippen molar-refractivity contribution in [2.45, 2.75) is 18.4 Å². The lowest BCUT2D eigenvalue weighted by molar-refractivity contribution is -0.117. The number of benzene rings is 1. The molecule has 3 nitrogen and oxygen atoms in total. The van der Waals surface area contributed by atoms with Crippen molar-refractivity contribution in [2.24, 2.45) is 11.7 Å². The molecule has 0 bridgehead atoms. The van der Waals surface area contributed by atoms with Gasteiger partial charge in [-0.15, -0.1) is 0 Å². The Morgan fingerprint density at radius 3 is 2.88 bits per heavy atom. The number of anilines is 1. The lowest BCUT2D eigenvalue weighted by Gasteiger charge is -2.10. The van der Waals surface area contributed by atoms with Crippen LogP contribution in [0.2, 0.25) is 0 Å². The highest BCUT2D eigenvalue weighted by Crippen LogP contribution is 2.53. The van der Waals surface area contributed by atoms with Crippen molar-refractivity contribution in [2.75, 3.05) is 5.32 Å². The van der Waals surface area contributed by atoms with Gasteiger partial charge in [-0.25, -0.2) is 8.78 Å². The Hall–Kier alpha value is -1.49. The van der Waals surface area contributed by atoms with Gasteiger partial charge in [-0.2, -0.15) is 0 Å². The minimum atomic E-state index is -0.733. The summed E-state index contributed by atoms with van der Waals surface area (Å²) in [5.41, 5.74) is 6.32. The normalized spacial score (nSPS) is 31.2. The molecule has 16 heavy (non-hydrogen) atoms. The van der Waals surface area contributed by atoms with E-state index < -0.39 is 23.6 Å². The Morgan fingerprint density at radius 1 is 1.38 bits per heavy atom. The molecule has 3 atom stereocenters. The Labute approximate surface area is 90.6 Å². The van der Waals surface area contributed by atoms with Crippen LogP contribution in [0.1, 0.15) is 17.9 Å². The molecule has 1 aliphatic carbocycles. The van der Waals surface area contributed by atoms with Gasteiger partial charge in [0.2, 0.25) is 5.91 Å². The van der Waals surface area contributed by atoms with E-state index in [9.17, 15) is 13.6 Å². The monoisotopic (exact) mass is 224 g/mol. The molecule has 84 valence electrons. The number of nitrogens with two attached hydrogens (primary N) is 1. The van der Waals surface area contributed by atoms with Crippen molar-refractivity contribution in [3.05, 3.63) is 29.3 Å². The van der Waals surface area contributed by atoms with Gasteiger partial charge in [-0.05, 0) is 29.9 Å². The molecule has 0 unspecified atom stereocenters. The van der Waals surface area contributed by atoms with Crippen LogP contribution in [0.25, 0.3) is 0 Å². The first-order chi connectivity index (χ1) is 7.58. The molecular formula is C11H10F2N2O. The average molecular weight is 224 g/mol. The molecule has 0 radical (unpaired) electrons. The number of hydrogen-bond acceptors (Lipinski definition) is 2. The number of amides is 1. The third-order valence-corrected chi connectivity index (χ3v) is 3.34. The quantitative estimate of drug-likeness (QED) is 0.698. The van der Waals surface area contributed by atoms with Gasteiger partial charge in [0.1, 0.15) is 11.6 Å². The van der Waals surface area contributed by atoms with Crippen molar-refractivity contribution in [1.82, 2.24) is 0 Å². The molecule has 1 aromatic carbocycles. The molecule has 5 heteroatoms. The molecular weight excluding hydrogens is 214 g/mol. The summed E-state index contributed by atoms with van der Waals surface area (Å²) in [5.74, 6) is -1.72. The van der Waals surface area contributed by atoms with Gasteiger partial charge in [-0.3, -0.25) is 4.79 Å². The lowest BCUT2D eigenvalue weighted by Crippen LogP contribution is -2.36. The highest BCUT2D eigenvalue weighted by Gasteiger charge is 2.49. The summed E-state index contributed by atoms with van der Waals surface area (Å²) < 4.78 is 26.6. The summed E-state index contributed by atoms with van der Waals surface area (Å²) in [6, 6.07) is 1.43. The first kappa shape index (κ1) is 9.72. The molecule has 1 aromatic rings. The van der Waals surface area contributed by atoms with E-state index in [4.69, 9.17) is 5.73 Å². The average Bonchev–Trinajstić information content (AvgIpc) is 2.99. The fraction of sp³-hybridized carbons (Fsp3) is 0.364. The van der Waals surface area contributed by atoms with Gasteiger partial charge in [0, 0.05) is 6.07 Å². The summed E-state index contributed by atoms with van der Waals surface area (Å²) in [6.07, 6.45) is 0.727. The summed E-state index contributed by atoms with van der Waals surface area (Å²) >= 11 is 0. The van der Waals surface area contributed by atoms with Gasteiger partial charge in [0.25, 0.3) is 0 Å². The number of nitrogens with one attached hydrogen (secondary N) is 1. The Kier molecular flexibility index (Phi) is 1.83. The van der Waals surface area contributed by atoms with Crippen molar-refractivity contribution in [3.8, 4) is 0 Å². The van der Waals surface area contributed by atoms with E-state index in [2.05, 4.69) is 5.32 Å². The molecule has 0 saturated heterocycles. The molecule has 1 heterocycles. The van der Waals surface area contributed by atoms with Gasteiger partial charge >= 0.3 is 0 Å². The van der Waals surface area contributed by atoms with E-state index in [1.807, 2.05) is 0 Å². The maximum absolute atomic E-state index is 13.5. The molecule has 1 amide bonds. The van der Waals surface area contributed by atoms with Crippen LogP contribution in [-0.4, -0.2) is 11.9 Å². The highest BCUT2D eigenvalue weighted by atomic mass is 19.1. The van der Waals surface area contributed by atoms with E-state index in [0.717, 1.165) is 12.5 Å². The standard InChI is InChI=1S/C11H10F2N2O/c12-4-1-7-5-3-6(5)9(14)11(16)15-10(7)8(13)2-4/h1-2,5-6,9H,3,14H2,(H,15,16)/t5-,6+,9+/m0/s1. The topological polar surface area (TPSA) is 55.1 Å². The Morgan fingerprint density at radius 2 is 2.12 bits per heavy atom. The Bertz CT molecular complexity index is 489. The lowest BCUT2D eigenvalue weighted by atomic mass is 10.1. The largest absolute Gasteiger partial charge is 0.322 e. The van der Waals surface area contributed by atoms with Gasteiger partial charge < -0.3 is 11.1 Å². The molecule has 1 saturated carbocycles. The molecule has 3 rings (SSSR count). The predicted molar refractivity (Wildman–Crippen MR) is 53.8 cm³/mol. The fourth-order valence-corrected chi connectivity index (χ4v) is 2.39. The van der Waals surface area contributed by atoms with Crippen molar-refractivity contribution in [1.29, 1.82) is 0 Å². The summed E-state index contributed by atoms with van der Waals surface area (Å²) in [5, 5.41) is 2.42. The van der Waals surface area contributed by atoms with Crippen LogP contribution in [0.5, 0.6) is 0 Å². The van der Waals surface area contributed by atoms with Crippen LogP contribution in [0.15, 0.2) is 12.1 Å². The third-order valence-electron chi connectivity index (χ3n) is 3.34. The second-order valence-electron chi connectivity index (χ2n) is 4.37. The molecule has 2 aliphatic rings. The summed E-state index contributed by atoms with van der Waals surface area (Å²) in [4.78, 5) is 11.6. The number of carbonyl (C=O) groups excluding carboxylic acids is 1. The molecule has 1 fully saturated rings. The minimum absolute atomic E-state index is 0.00847. The third kappa shape index (κ3) is 1.24. The number of hydrogen-bond donors (Lipinski definition) is 2. The minimum Gasteiger partial charge on any atom is -0.322 e. The first-order valence-electron chi connectivity index (χ1n) is 5.13. The second kappa shape index (κ2) is 3.01. The molecule has 1 aliphatic heterocycles. The number of halogens is 2. The van der Waals surface area contributed by atoms with E-state index in [-0.39, 0.29) is 17.5 Å². The SMILES string of the molecule is N[C@H]1C(=O)Nc2c(F)cc(F)cc2[C@H]2C[C@H]21. The zero-order chi connectivity index (χ0) is 11.4. The van der Waals surface area contributed by atoms with E-state index in [1.54, 1.807) is 0 Å². The van der Waals surface area contributed by atoms with E-state index in [0.29, 0.717) is 5.56 Å². The maximum Gasteiger partial charge on any atom is 0.241 e. The van der Waals surface area contributed by atoms with Crippen molar-refractivity contribution >= 4 is 11.6 Å². The highest BCUT2D eigenvalue weighted by molar-refractivity contribution is 5.97. The molecule has 0 spiro atoms. The molecule has 0 aromatic heterocycles. The molecule has 3 N–H and O–H groups in total. The first-order valence-corrected chi connectivity index (χ1v) is 5.13. The van der Waals surface area contributed by atoms with Crippen molar-refractivity contribution in [3.63, 3.8) is 0 Å². The van der Waals surface area contributed by atoms with Crippen LogP contribution < -0.4 is 11.1 Å². The summed E-state index contributed by atoms with van der Waals surface area (Å²) in [6.45, 7) is 0. The van der Waals surface area contributed by atoms with Crippen molar-refractivity contribution < 1.29 is 13.6 Å². The van der Waals surface area contributed by atoms with Crippen LogP contribution >= 0.6 is 0 Å². The van der Waals surface area contributed by atoms with Gasteiger partial charge in [0.05, 0.1) is 11.7 Å². The maximum atomic E-state index is 13.5. The predicted octanol–water partition coefficient (Wildman–Crippen LogP) is 1.35. The van der Waals surface area contributed by atoms with Gasteiger partial charge in [-0.1, -0.05) is 0 Å². The van der Waals surface area contributed by atoms with E-state index in [1.165, 1.54) is 6.07 Å². The van der Waals surface area contributed by atoms with E-state index >= 15 is 0 Å². The van der Waals surface area contributed by atoms with Crippen LogP contribution in [0.3, 0.4) is 0 Å². The van der Waals surface area contributed by atoms with Crippen LogP contribution in [0, 0.1) is 17.6 Å². The number of carbonyl (C=O) groups is 1. The van der Waals surface area contributed by atoms with Gasteiger partial charge in [0.15, 0.2) is 0 Å². The second-order valence-corrected chi connectivity index (χ2v) is 4.37. The number of rotatable bonds is 0. The zero-order valence-corrected chi connectivity index (χ0v) is 8.34. The smallest absolute Gasteiger partial charge is 0.241 e. The zero-order valence-electron chi connectivity index (χ0n) is 8.34. The van der Waals surface area contributed by atoms with Crippen LogP contribution in [-0.2, 0) is 4.79 Å². The fourth-order valence-electron chi connectivity index (χ4n) is 2.39. The number of fused-ring (bicyclic) bond motifs is 3. The Balaban J connectivity index is 2.15.